The second-order valence-corrected chi connectivity index (χ2v) is 7.66. The molecule has 2 heterocycles. The number of amides is 2. The van der Waals surface area contributed by atoms with E-state index in [9.17, 15) is 9.59 Å². The Morgan fingerprint density at radius 3 is 2.96 bits per heavy atom. The highest BCUT2D eigenvalue weighted by Gasteiger charge is 2.26. The highest BCUT2D eigenvalue weighted by atomic mass is 32.2. The molecule has 0 atom stereocenters. The SMILES string of the molecule is COc1cccc2sc(NC(=O)CN3C(=O)CSc4ccccc43)nc12. The molecule has 0 spiro atoms. The number of rotatable bonds is 4. The van der Waals surface area contributed by atoms with E-state index in [1.54, 1.807) is 7.11 Å². The van der Waals surface area contributed by atoms with Crippen molar-refractivity contribution in [3.8, 4) is 5.75 Å². The van der Waals surface area contributed by atoms with Crippen LogP contribution < -0.4 is 15.0 Å². The number of thioether (sulfide) groups is 1. The van der Waals surface area contributed by atoms with Crippen LogP contribution in [0.25, 0.3) is 10.2 Å². The first-order valence-electron chi connectivity index (χ1n) is 7.91. The molecule has 2 amide bonds. The van der Waals surface area contributed by atoms with Gasteiger partial charge in [0.2, 0.25) is 11.8 Å². The number of anilines is 2. The topological polar surface area (TPSA) is 71.5 Å². The van der Waals surface area contributed by atoms with Gasteiger partial charge in [-0.1, -0.05) is 29.5 Å². The third-order valence-electron chi connectivity index (χ3n) is 3.96. The molecule has 26 heavy (non-hydrogen) atoms. The largest absolute Gasteiger partial charge is 0.494 e. The normalized spacial score (nSPS) is 13.6. The summed E-state index contributed by atoms with van der Waals surface area (Å²) in [5.41, 5.74) is 1.49. The molecule has 0 radical (unpaired) electrons. The molecule has 4 rings (SSSR count). The van der Waals surface area contributed by atoms with Gasteiger partial charge in [-0.15, -0.1) is 11.8 Å². The first-order chi connectivity index (χ1) is 12.7. The summed E-state index contributed by atoms with van der Waals surface area (Å²) in [5.74, 6) is 0.645. The van der Waals surface area contributed by atoms with Crippen LogP contribution >= 0.6 is 23.1 Å². The number of methoxy groups -OCH3 is 1. The highest BCUT2D eigenvalue weighted by molar-refractivity contribution is 8.00. The maximum atomic E-state index is 12.5. The van der Waals surface area contributed by atoms with Crippen molar-refractivity contribution >= 4 is 55.9 Å². The Morgan fingerprint density at radius 2 is 2.12 bits per heavy atom. The number of hydrogen-bond acceptors (Lipinski definition) is 6. The molecule has 1 aliphatic rings. The van der Waals surface area contributed by atoms with Gasteiger partial charge in [0, 0.05) is 4.90 Å². The number of thiazole rings is 1. The van der Waals surface area contributed by atoms with Crippen LogP contribution in [0.3, 0.4) is 0 Å². The van der Waals surface area contributed by atoms with Crippen LogP contribution in [-0.4, -0.2) is 36.2 Å². The average molecular weight is 385 g/mol. The Kier molecular flexibility index (Phi) is 4.52. The molecular weight excluding hydrogens is 370 g/mol. The smallest absolute Gasteiger partial charge is 0.246 e. The van der Waals surface area contributed by atoms with E-state index in [-0.39, 0.29) is 18.4 Å². The summed E-state index contributed by atoms with van der Waals surface area (Å²) in [6.07, 6.45) is 0. The van der Waals surface area contributed by atoms with Gasteiger partial charge in [0.25, 0.3) is 0 Å². The molecule has 0 bridgehead atoms. The Balaban J connectivity index is 1.54. The molecule has 0 saturated heterocycles. The Bertz CT molecular complexity index is 1000. The number of aromatic nitrogens is 1. The Hall–Kier alpha value is -2.58. The van der Waals surface area contributed by atoms with Crippen LogP contribution in [0, 0.1) is 0 Å². The van der Waals surface area contributed by atoms with E-state index in [0.29, 0.717) is 22.2 Å². The van der Waals surface area contributed by atoms with Gasteiger partial charge in [-0.25, -0.2) is 4.98 Å². The minimum absolute atomic E-state index is 0.0382. The van der Waals surface area contributed by atoms with Crippen LogP contribution in [-0.2, 0) is 9.59 Å². The lowest BCUT2D eigenvalue weighted by Crippen LogP contribution is -2.41. The van der Waals surface area contributed by atoms with Crippen molar-refractivity contribution in [1.82, 2.24) is 4.98 Å². The minimum atomic E-state index is -0.280. The number of hydrogen-bond donors (Lipinski definition) is 1. The van der Waals surface area contributed by atoms with Gasteiger partial charge in [-0.05, 0) is 24.3 Å². The first-order valence-corrected chi connectivity index (χ1v) is 9.71. The molecule has 8 heteroatoms. The van der Waals surface area contributed by atoms with Gasteiger partial charge < -0.3 is 15.0 Å². The number of carbonyl (C=O) groups excluding carboxylic acids is 2. The summed E-state index contributed by atoms with van der Waals surface area (Å²) in [6, 6.07) is 13.2. The first kappa shape index (κ1) is 16.9. The second kappa shape index (κ2) is 6.97. The second-order valence-electron chi connectivity index (χ2n) is 5.61. The van der Waals surface area contributed by atoms with Crippen LogP contribution in [0.5, 0.6) is 5.75 Å². The number of ether oxygens (including phenoxy) is 1. The molecule has 3 aromatic rings. The molecule has 1 N–H and O–H groups in total. The maximum Gasteiger partial charge on any atom is 0.246 e. The van der Waals surface area contributed by atoms with Crippen molar-refractivity contribution < 1.29 is 14.3 Å². The average Bonchev–Trinajstić information content (AvgIpc) is 3.06. The fraction of sp³-hybridized carbons (Fsp3) is 0.167. The van der Waals surface area contributed by atoms with Crippen LogP contribution in [0.15, 0.2) is 47.4 Å². The van der Waals surface area contributed by atoms with E-state index < -0.39 is 0 Å². The van der Waals surface area contributed by atoms with Crippen molar-refractivity contribution in [3.05, 3.63) is 42.5 Å². The van der Waals surface area contributed by atoms with E-state index in [0.717, 1.165) is 15.3 Å². The summed E-state index contributed by atoms with van der Waals surface area (Å²) in [7, 11) is 1.59. The number of nitrogens with one attached hydrogen (secondary N) is 1. The lowest BCUT2D eigenvalue weighted by Gasteiger charge is -2.28. The monoisotopic (exact) mass is 385 g/mol. The quantitative estimate of drug-likeness (QED) is 0.745. The van der Waals surface area contributed by atoms with Gasteiger partial charge in [-0.3, -0.25) is 9.59 Å². The van der Waals surface area contributed by atoms with Crippen LogP contribution in [0.4, 0.5) is 10.8 Å². The lowest BCUT2D eigenvalue weighted by molar-refractivity contribution is -0.120. The third-order valence-corrected chi connectivity index (χ3v) is 5.94. The molecule has 0 unspecified atom stereocenters. The number of carbonyl (C=O) groups is 2. The van der Waals surface area contributed by atoms with E-state index in [1.807, 2.05) is 42.5 Å². The zero-order valence-corrected chi connectivity index (χ0v) is 15.5. The van der Waals surface area contributed by atoms with Crippen molar-refractivity contribution in [2.45, 2.75) is 4.90 Å². The Labute approximate surface area is 158 Å². The maximum absolute atomic E-state index is 12.5. The van der Waals surface area contributed by atoms with Gasteiger partial charge in [0.1, 0.15) is 17.8 Å². The van der Waals surface area contributed by atoms with E-state index in [1.165, 1.54) is 28.0 Å². The standard InChI is InChI=1S/C18H15N3O3S2/c1-24-12-6-4-8-14-17(12)20-18(26-14)19-15(22)9-21-11-5-2-3-7-13(11)25-10-16(21)23/h2-8H,9-10H2,1H3,(H,19,20,22). The van der Waals surface area contributed by atoms with Gasteiger partial charge in [-0.2, -0.15) is 0 Å². The van der Waals surface area contributed by atoms with Crippen molar-refractivity contribution in [2.24, 2.45) is 0 Å². The summed E-state index contributed by atoms with van der Waals surface area (Å²) in [6.45, 7) is -0.0382. The summed E-state index contributed by atoms with van der Waals surface area (Å²) in [4.78, 5) is 31.7. The number of para-hydroxylation sites is 2. The van der Waals surface area contributed by atoms with Gasteiger partial charge >= 0.3 is 0 Å². The summed E-state index contributed by atoms with van der Waals surface area (Å²) >= 11 is 2.86. The molecule has 132 valence electrons. The zero-order chi connectivity index (χ0) is 18.1. The van der Waals surface area contributed by atoms with Crippen LogP contribution in [0.1, 0.15) is 0 Å². The summed E-state index contributed by atoms with van der Waals surface area (Å²) < 4.78 is 6.22. The molecule has 0 fully saturated rings. The summed E-state index contributed by atoms with van der Waals surface area (Å²) in [5, 5.41) is 3.28. The molecule has 6 nitrogen and oxygen atoms in total. The van der Waals surface area contributed by atoms with Crippen molar-refractivity contribution in [1.29, 1.82) is 0 Å². The fourth-order valence-corrected chi connectivity index (χ4v) is 4.61. The minimum Gasteiger partial charge on any atom is -0.494 e. The van der Waals surface area contributed by atoms with E-state index in [2.05, 4.69) is 10.3 Å². The fourth-order valence-electron chi connectivity index (χ4n) is 2.77. The van der Waals surface area contributed by atoms with Gasteiger partial charge in [0.15, 0.2) is 5.13 Å². The zero-order valence-electron chi connectivity index (χ0n) is 13.9. The van der Waals surface area contributed by atoms with E-state index >= 15 is 0 Å². The predicted octanol–water partition coefficient (Wildman–Crippen LogP) is 3.38. The molecule has 0 aliphatic carbocycles. The molecule has 0 saturated carbocycles. The molecule has 1 aliphatic heterocycles. The predicted molar refractivity (Wildman–Crippen MR) is 104 cm³/mol. The Morgan fingerprint density at radius 1 is 1.27 bits per heavy atom. The third kappa shape index (κ3) is 3.13. The molecule has 2 aromatic carbocycles. The van der Waals surface area contributed by atoms with Crippen molar-refractivity contribution in [3.63, 3.8) is 0 Å². The number of fused-ring (bicyclic) bond motifs is 2. The van der Waals surface area contributed by atoms with Gasteiger partial charge in [0.05, 0.1) is 23.2 Å². The van der Waals surface area contributed by atoms with Crippen LogP contribution in [0.2, 0.25) is 0 Å². The lowest BCUT2D eigenvalue weighted by atomic mass is 10.2. The van der Waals surface area contributed by atoms with Crippen molar-refractivity contribution in [2.75, 3.05) is 29.6 Å². The number of benzene rings is 2. The van der Waals surface area contributed by atoms with E-state index in [4.69, 9.17) is 4.74 Å². The molecule has 1 aromatic heterocycles. The molecular formula is C18H15N3O3S2. The number of nitrogens with zero attached hydrogens (tertiary/aromatic N) is 2. The highest BCUT2D eigenvalue weighted by Crippen LogP contribution is 2.35.